The number of hydrogen-bond acceptors (Lipinski definition) is 4. The molecule has 22 heavy (non-hydrogen) atoms. The van der Waals surface area contributed by atoms with Crippen molar-refractivity contribution >= 4 is 28.2 Å². The van der Waals surface area contributed by atoms with E-state index in [0.29, 0.717) is 13.0 Å². The van der Waals surface area contributed by atoms with Crippen molar-refractivity contribution in [2.45, 2.75) is 56.2 Å². The molecule has 2 N–H and O–H groups in total. The van der Waals surface area contributed by atoms with E-state index in [1.165, 1.54) is 6.26 Å². The number of amides is 1. The molecule has 2 fully saturated rings. The van der Waals surface area contributed by atoms with Crippen LogP contribution in [0.5, 0.6) is 0 Å². The molecule has 0 aromatic rings. The molecule has 2 unspecified atom stereocenters. The highest BCUT2D eigenvalue weighted by molar-refractivity contribution is 7.91. The Bertz CT molecular complexity index is 483. The van der Waals surface area contributed by atoms with Crippen LogP contribution in [0.2, 0.25) is 0 Å². The van der Waals surface area contributed by atoms with Gasteiger partial charge in [-0.25, -0.2) is 8.42 Å². The van der Waals surface area contributed by atoms with E-state index in [-0.39, 0.29) is 36.2 Å². The van der Waals surface area contributed by atoms with Crippen molar-refractivity contribution in [2.24, 2.45) is 17.6 Å². The average Bonchev–Trinajstić information content (AvgIpc) is 2.93. The quantitative estimate of drug-likeness (QED) is 0.833. The van der Waals surface area contributed by atoms with E-state index < -0.39 is 15.1 Å². The summed E-state index contributed by atoms with van der Waals surface area (Å²) in [6.07, 6.45) is 7.65. The minimum absolute atomic E-state index is 0. The van der Waals surface area contributed by atoms with Crippen LogP contribution in [0.3, 0.4) is 0 Å². The van der Waals surface area contributed by atoms with E-state index >= 15 is 0 Å². The van der Waals surface area contributed by atoms with Crippen LogP contribution in [0.1, 0.15) is 44.9 Å². The summed E-state index contributed by atoms with van der Waals surface area (Å²) in [5.41, 5.74) is 5.77. The van der Waals surface area contributed by atoms with Gasteiger partial charge in [-0.3, -0.25) is 4.79 Å². The fourth-order valence-corrected chi connectivity index (χ4v) is 5.57. The van der Waals surface area contributed by atoms with Gasteiger partial charge in [0, 0.05) is 25.3 Å². The Morgan fingerprint density at radius 3 is 2.36 bits per heavy atom. The molecule has 7 heteroatoms. The van der Waals surface area contributed by atoms with E-state index in [9.17, 15) is 13.2 Å². The molecule has 2 rings (SSSR count). The topological polar surface area (TPSA) is 80.5 Å². The van der Waals surface area contributed by atoms with Gasteiger partial charge in [0.2, 0.25) is 5.91 Å². The molecule has 0 radical (unpaired) electrons. The Hall–Kier alpha value is -0.330. The molecule has 0 spiro atoms. The molecule has 0 aromatic carbocycles. The molecular formula is C15H29ClN2O3S. The molecule has 5 nitrogen and oxygen atoms in total. The van der Waals surface area contributed by atoms with Crippen molar-refractivity contribution in [1.29, 1.82) is 0 Å². The van der Waals surface area contributed by atoms with E-state index in [2.05, 4.69) is 0 Å². The summed E-state index contributed by atoms with van der Waals surface area (Å²) in [5, 5.41) is -0.405. The lowest BCUT2D eigenvalue weighted by Crippen LogP contribution is -2.51. The number of rotatable bonds is 4. The Morgan fingerprint density at radius 2 is 1.77 bits per heavy atom. The van der Waals surface area contributed by atoms with Gasteiger partial charge in [0.05, 0.1) is 5.25 Å². The molecule has 0 aromatic heterocycles. The first kappa shape index (κ1) is 19.7. The molecule has 0 heterocycles. The molecule has 2 aliphatic rings. The molecule has 2 aliphatic carbocycles. The van der Waals surface area contributed by atoms with Gasteiger partial charge in [0.25, 0.3) is 0 Å². The Kier molecular flexibility index (Phi) is 7.15. The first-order valence-electron chi connectivity index (χ1n) is 8.02. The fraction of sp³-hybridized carbons (Fsp3) is 0.933. The lowest BCUT2D eigenvalue weighted by molar-refractivity contribution is -0.137. The zero-order valence-corrected chi connectivity index (χ0v) is 15.2. The van der Waals surface area contributed by atoms with Crippen LogP contribution in [-0.2, 0) is 14.6 Å². The van der Waals surface area contributed by atoms with Gasteiger partial charge in [-0.15, -0.1) is 12.4 Å². The minimum atomic E-state index is -3.11. The molecule has 0 saturated heterocycles. The van der Waals surface area contributed by atoms with Crippen LogP contribution < -0.4 is 5.73 Å². The van der Waals surface area contributed by atoms with Crippen LogP contribution in [0.4, 0.5) is 0 Å². The minimum Gasteiger partial charge on any atom is -0.341 e. The highest BCUT2D eigenvalue weighted by atomic mass is 35.5. The van der Waals surface area contributed by atoms with Crippen molar-refractivity contribution in [3.63, 3.8) is 0 Å². The number of nitrogens with two attached hydrogens (primary N) is 1. The second-order valence-corrected chi connectivity index (χ2v) is 8.97. The zero-order chi connectivity index (χ0) is 15.6. The molecular weight excluding hydrogens is 324 g/mol. The van der Waals surface area contributed by atoms with Crippen LogP contribution in [-0.4, -0.2) is 50.4 Å². The fourth-order valence-electron chi connectivity index (χ4n) is 4.09. The monoisotopic (exact) mass is 352 g/mol. The number of sulfone groups is 1. The maximum Gasteiger partial charge on any atom is 0.226 e. The van der Waals surface area contributed by atoms with Crippen LogP contribution in [0.15, 0.2) is 0 Å². The SMILES string of the molecule is CN(C(=O)[C@@H]1CCC[C@@H]1CN)C1CCCCC1S(C)(=O)=O.Cl. The van der Waals surface area contributed by atoms with Gasteiger partial charge in [-0.1, -0.05) is 19.3 Å². The van der Waals surface area contributed by atoms with E-state index in [4.69, 9.17) is 5.73 Å². The predicted octanol–water partition coefficient (Wildman–Crippen LogP) is 1.60. The molecule has 0 aliphatic heterocycles. The first-order chi connectivity index (χ1) is 9.86. The summed E-state index contributed by atoms with van der Waals surface area (Å²) in [4.78, 5) is 14.5. The third kappa shape index (κ3) is 4.15. The second-order valence-electron chi connectivity index (χ2n) is 6.70. The Morgan fingerprint density at radius 1 is 1.14 bits per heavy atom. The van der Waals surface area contributed by atoms with E-state index in [1.54, 1.807) is 11.9 Å². The lowest BCUT2D eigenvalue weighted by Gasteiger charge is -2.38. The third-order valence-corrected chi connectivity index (χ3v) is 6.99. The standard InChI is InChI=1S/C15H28N2O3S.ClH/c1-17(15(18)12-7-5-6-11(12)10-16)13-8-3-4-9-14(13)21(2,19)20;/h11-14H,3-10,16H2,1-2H3;1H/t11-,12-,13?,14?;/m1./s1. The largest absolute Gasteiger partial charge is 0.341 e. The van der Waals surface area contributed by atoms with Gasteiger partial charge in [-0.2, -0.15) is 0 Å². The Labute approximate surface area is 140 Å². The molecule has 4 atom stereocenters. The van der Waals surface area contributed by atoms with E-state index in [0.717, 1.165) is 38.5 Å². The maximum absolute atomic E-state index is 12.8. The summed E-state index contributed by atoms with van der Waals surface area (Å²) < 4.78 is 24.0. The smallest absolute Gasteiger partial charge is 0.226 e. The van der Waals surface area contributed by atoms with Crippen molar-refractivity contribution in [3.8, 4) is 0 Å². The summed E-state index contributed by atoms with van der Waals surface area (Å²) in [5.74, 6) is 0.353. The average molecular weight is 353 g/mol. The number of halogens is 1. The van der Waals surface area contributed by atoms with Crippen molar-refractivity contribution in [1.82, 2.24) is 4.90 Å². The molecule has 0 bridgehead atoms. The maximum atomic E-state index is 12.8. The van der Waals surface area contributed by atoms with Gasteiger partial charge < -0.3 is 10.6 Å². The van der Waals surface area contributed by atoms with Gasteiger partial charge in [0.15, 0.2) is 9.84 Å². The summed E-state index contributed by atoms with van der Waals surface area (Å²) >= 11 is 0. The summed E-state index contributed by atoms with van der Waals surface area (Å²) in [6, 6.07) is -0.166. The van der Waals surface area contributed by atoms with Crippen molar-refractivity contribution in [2.75, 3.05) is 19.8 Å². The van der Waals surface area contributed by atoms with Crippen LogP contribution >= 0.6 is 12.4 Å². The molecule has 130 valence electrons. The van der Waals surface area contributed by atoms with Crippen molar-refractivity contribution < 1.29 is 13.2 Å². The zero-order valence-electron chi connectivity index (χ0n) is 13.5. The van der Waals surface area contributed by atoms with Gasteiger partial charge in [-0.05, 0) is 38.1 Å². The predicted molar refractivity (Wildman–Crippen MR) is 90.8 cm³/mol. The second kappa shape index (κ2) is 7.97. The van der Waals surface area contributed by atoms with Crippen molar-refractivity contribution in [3.05, 3.63) is 0 Å². The highest BCUT2D eigenvalue weighted by Crippen LogP contribution is 2.34. The Balaban J connectivity index is 0.00000242. The lowest BCUT2D eigenvalue weighted by atomic mass is 9.90. The van der Waals surface area contributed by atoms with Gasteiger partial charge in [0.1, 0.15) is 0 Å². The third-order valence-electron chi connectivity index (χ3n) is 5.34. The molecule has 2 saturated carbocycles. The highest BCUT2D eigenvalue weighted by Gasteiger charge is 2.40. The normalized spacial score (nSPS) is 32.3. The number of carbonyl (C=O) groups is 1. The summed E-state index contributed by atoms with van der Waals surface area (Å²) in [6.45, 7) is 0.546. The number of carbonyl (C=O) groups excluding carboxylic acids is 1. The van der Waals surface area contributed by atoms with Crippen LogP contribution in [0.25, 0.3) is 0 Å². The van der Waals surface area contributed by atoms with Crippen LogP contribution in [0, 0.1) is 11.8 Å². The summed E-state index contributed by atoms with van der Waals surface area (Å²) in [7, 11) is -1.33. The first-order valence-corrected chi connectivity index (χ1v) is 9.97. The van der Waals surface area contributed by atoms with E-state index in [1.807, 2.05) is 0 Å². The number of nitrogens with zero attached hydrogens (tertiary/aromatic N) is 1. The van der Waals surface area contributed by atoms with Gasteiger partial charge >= 0.3 is 0 Å². The molecule has 1 amide bonds. The number of hydrogen-bond donors (Lipinski definition) is 1.